The van der Waals surface area contributed by atoms with Crippen molar-refractivity contribution in [2.24, 2.45) is 0 Å². The van der Waals surface area contributed by atoms with Crippen LogP contribution in [-0.4, -0.2) is 45.4 Å². The number of anilines is 1. The number of amides is 1. The lowest BCUT2D eigenvalue weighted by atomic mass is 10.0. The fraction of sp³-hybridized carbons (Fsp3) is 0.190. The second kappa shape index (κ2) is 7.50. The molecule has 0 saturated heterocycles. The Labute approximate surface area is 183 Å². The van der Waals surface area contributed by atoms with Crippen molar-refractivity contribution in [3.8, 4) is 11.5 Å². The van der Waals surface area contributed by atoms with Gasteiger partial charge in [0.1, 0.15) is 23.8 Å². The van der Waals surface area contributed by atoms with Gasteiger partial charge in [-0.3, -0.25) is 9.20 Å². The van der Waals surface area contributed by atoms with E-state index in [9.17, 15) is 22.4 Å². The number of carbonyl (C=O) groups is 1. The SMILES string of the molecule is CN(C(=O)c1cc2c(cc1F)nc(N)c1cncn12)C1COc2c1ccc(OC(F)F)c2F. The average molecular weight is 461 g/mol. The van der Waals surface area contributed by atoms with Crippen LogP contribution >= 0.6 is 0 Å². The molecule has 0 radical (unpaired) electrons. The minimum Gasteiger partial charge on any atom is -0.487 e. The predicted molar refractivity (Wildman–Crippen MR) is 108 cm³/mol. The summed E-state index contributed by atoms with van der Waals surface area (Å²) in [6.07, 6.45) is 2.96. The summed E-state index contributed by atoms with van der Waals surface area (Å²) >= 11 is 0. The van der Waals surface area contributed by atoms with Crippen LogP contribution in [0.25, 0.3) is 16.6 Å². The molecule has 8 nitrogen and oxygen atoms in total. The minimum absolute atomic E-state index is 0.147. The van der Waals surface area contributed by atoms with Crippen LogP contribution in [0.1, 0.15) is 22.0 Å². The summed E-state index contributed by atoms with van der Waals surface area (Å²) < 4.78 is 65.3. The summed E-state index contributed by atoms with van der Waals surface area (Å²) in [6, 6.07) is 4.01. The van der Waals surface area contributed by atoms with Crippen LogP contribution in [0.2, 0.25) is 0 Å². The number of benzene rings is 2. The molecular formula is C21H15F4N5O3. The zero-order valence-corrected chi connectivity index (χ0v) is 16.9. The molecule has 12 heteroatoms. The molecule has 0 aliphatic carbocycles. The van der Waals surface area contributed by atoms with E-state index in [1.54, 1.807) is 4.40 Å². The summed E-state index contributed by atoms with van der Waals surface area (Å²) in [7, 11) is 1.41. The maximum Gasteiger partial charge on any atom is 0.387 e. The molecular weight excluding hydrogens is 446 g/mol. The van der Waals surface area contributed by atoms with Gasteiger partial charge in [0.25, 0.3) is 5.91 Å². The van der Waals surface area contributed by atoms with E-state index < -0.39 is 35.9 Å². The normalized spacial score (nSPS) is 15.2. The summed E-state index contributed by atoms with van der Waals surface area (Å²) in [5.41, 5.74) is 7.02. The van der Waals surface area contributed by atoms with E-state index in [2.05, 4.69) is 14.7 Å². The van der Waals surface area contributed by atoms with E-state index in [0.29, 0.717) is 11.0 Å². The summed E-state index contributed by atoms with van der Waals surface area (Å²) in [4.78, 5) is 22.5. The Kier molecular flexibility index (Phi) is 4.73. The highest BCUT2D eigenvalue weighted by atomic mass is 19.3. The number of alkyl halides is 2. The lowest BCUT2D eigenvalue weighted by molar-refractivity contribution is -0.0523. The van der Waals surface area contributed by atoms with Crippen molar-refractivity contribution in [1.82, 2.24) is 19.3 Å². The number of nitrogens with two attached hydrogens (primary N) is 1. The number of nitrogen functional groups attached to an aromatic ring is 1. The van der Waals surface area contributed by atoms with Crippen molar-refractivity contribution in [2.45, 2.75) is 12.7 Å². The number of aromatic nitrogens is 3. The number of hydrogen-bond donors (Lipinski definition) is 1. The topological polar surface area (TPSA) is 95.0 Å². The molecule has 5 rings (SSSR count). The molecule has 2 N–H and O–H groups in total. The largest absolute Gasteiger partial charge is 0.487 e. The van der Waals surface area contributed by atoms with Crippen LogP contribution in [0.5, 0.6) is 11.5 Å². The van der Waals surface area contributed by atoms with E-state index in [1.165, 1.54) is 36.6 Å². The Bertz CT molecular complexity index is 1420. The van der Waals surface area contributed by atoms with Crippen molar-refractivity contribution in [3.05, 3.63) is 59.6 Å². The molecule has 2 aromatic carbocycles. The van der Waals surface area contributed by atoms with Crippen LogP contribution in [0.15, 0.2) is 36.8 Å². The second-order valence-corrected chi connectivity index (χ2v) is 7.38. The molecule has 3 heterocycles. The van der Waals surface area contributed by atoms with Crippen LogP contribution in [-0.2, 0) is 0 Å². The Hall–Kier alpha value is -4.09. The van der Waals surface area contributed by atoms with E-state index in [1.807, 2.05) is 0 Å². The van der Waals surface area contributed by atoms with E-state index in [-0.39, 0.29) is 34.8 Å². The Balaban J connectivity index is 1.52. The Morgan fingerprint density at radius 1 is 1.30 bits per heavy atom. The molecule has 1 aliphatic rings. The fourth-order valence-electron chi connectivity index (χ4n) is 3.91. The average Bonchev–Trinajstić information content (AvgIpc) is 3.42. The number of likely N-dealkylation sites (N-methyl/N-ethyl adjacent to an activating group) is 1. The number of rotatable bonds is 4. The summed E-state index contributed by atoms with van der Waals surface area (Å²) in [5, 5.41) is 0. The van der Waals surface area contributed by atoms with Crippen molar-refractivity contribution in [1.29, 1.82) is 0 Å². The third-order valence-electron chi connectivity index (χ3n) is 5.54. The third-order valence-corrected chi connectivity index (χ3v) is 5.54. The molecule has 4 aromatic rings. The lowest BCUT2D eigenvalue weighted by Gasteiger charge is -2.24. The highest BCUT2D eigenvalue weighted by molar-refractivity contribution is 5.98. The Morgan fingerprint density at radius 2 is 2.09 bits per heavy atom. The number of hydrogen-bond acceptors (Lipinski definition) is 6. The van der Waals surface area contributed by atoms with Gasteiger partial charge in [-0.05, 0) is 18.2 Å². The first-order valence-electron chi connectivity index (χ1n) is 9.64. The molecule has 33 heavy (non-hydrogen) atoms. The number of halogens is 4. The molecule has 2 aromatic heterocycles. The first kappa shape index (κ1) is 20.8. The highest BCUT2D eigenvalue weighted by Gasteiger charge is 2.35. The minimum atomic E-state index is -3.21. The number of nitrogens with zero attached hydrogens (tertiary/aromatic N) is 4. The van der Waals surface area contributed by atoms with Gasteiger partial charge in [0, 0.05) is 18.7 Å². The number of carbonyl (C=O) groups excluding carboxylic acids is 1. The van der Waals surface area contributed by atoms with Crippen molar-refractivity contribution in [2.75, 3.05) is 19.4 Å². The molecule has 1 amide bonds. The quantitative estimate of drug-likeness (QED) is 0.467. The van der Waals surface area contributed by atoms with Crippen LogP contribution in [0.4, 0.5) is 23.4 Å². The van der Waals surface area contributed by atoms with E-state index in [0.717, 1.165) is 12.1 Å². The van der Waals surface area contributed by atoms with Crippen molar-refractivity contribution < 1.29 is 31.8 Å². The predicted octanol–water partition coefficient (Wildman–Crippen LogP) is 3.55. The van der Waals surface area contributed by atoms with Gasteiger partial charge >= 0.3 is 6.61 Å². The summed E-state index contributed by atoms with van der Waals surface area (Å²) in [6.45, 7) is -3.35. The number of ether oxygens (including phenoxy) is 2. The van der Waals surface area contributed by atoms with E-state index in [4.69, 9.17) is 10.5 Å². The van der Waals surface area contributed by atoms with Gasteiger partial charge in [-0.1, -0.05) is 0 Å². The fourth-order valence-corrected chi connectivity index (χ4v) is 3.91. The zero-order valence-electron chi connectivity index (χ0n) is 16.9. The molecule has 1 unspecified atom stereocenters. The highest BCUT2D eigenvalue weighted by Crippen LogP contribution is 2.41. The lowest BCUT2D eigenvalue weighted by Crippen LogP contribution is -2.32. The molecule has 0 saturated carbocycles. The second-order valence-electron chi connectivity index (χ2n) is 7.38. The Morgan fingerprint density at radius 3 is 2.85 bits per heavy atom. The smallest absolute Gasteiger partial charge is 0.387 e. The van der Waals surface area contributed by atoms with Crippen LogP contribution in [0.3, 0.4) is 0 Å². The molecule has 0 bridgehead atoms. The first-order valence-corrected chi connectivity index (χ1v) is 9.64. The molecule has 170 valence electrons. The maximum atomic E-state index is 14.9. The van der Waals surface area contributed by atoms with Gasteiger partial charge in [0.2, 0.25) is 5.82 Å². The number of imidazole rings is 1. The zero-order chi connectivity index (χ0) is 23.4. The number of fused-ring (bicyclic) bond motifs is 4. The molecule has 0 spiro atoms. The van der Waals surface area contributed by atoms with Gasteiger partial charge in [0.15, 0.2) is 11.5 Å². The first-order chi connectivity index (χ1) is 15.8. The van der Waals surface area contributed by atoms with Gasteiger partial charge in [0.05, 0.1) is 35.2 Å². The van der Waals surface area contributed by atoms with E-state index >= 15 is 0 Å². The van der Waals surface area contributed by atoms with Gasteiger partial charge in [-0.15, -0.1) is 0 Å². The van der Waals surface area contributed by atoms with Crippen molar-refractivity contribution in [3.63, 3.8) is 0 Å². The summed E-state index contributed by atoms with van der Waals surface area (Å²) in [5.74, 6) is -3.43. The molecule has 0 fully saturated rings. The van der Waals surface area contributed by atoms with Gasteiger partial charge < -0.3 is 20.1 Å². The van der Waals surface area contributed by atoms with Gasteiger partial charge in [-0.2, -0.15) is 13.2 Å². The maximum absolute atomic E-state index is 14.9. The van der Waals surface area contributed by atoms with Crippen LogP contribution in [0, 0.1) is 11.6 Å². The third kappa shape index (κ3) is 3.25. The van der Waals surface area contributed by atoms with Gasteiger partial charge in [-0.25, -0.2) is 14.4 Å². The molecule has 1 aliphatic heterocycles. The molecule has 1 atom stereocenters. The standard InChI is InChI=1S/C21H15F4N5O3/c1-29(15-7-32-18-9(15)2-3-16(17(18)23)33-21(24)25)20(31)10-4-13-12(5-11(10)22)28-19(26)14-6-27-8-30(13)14/h2-6,8,15,21H,7H2,1H3,(H2,26,28). The van der Waals surface area contributed by atoms with Crippen molar-refractivity contribution >= 4 is 28.3 Å². The monoisotopic (exact) mass is 461 g/mol. The van der Waals surface area contributed by atoms with Crippen LogP contribution < -0.4 is 15.2 Å².